The van der Waals surface area contributed by atoms with Gasteiger partial charge in [0.15, 0.2) is 42.7 Å². The van der Waals surface area contributed by atoms with Gasteiger partial charge in [-0.2, -0.15) is 0 Å². The number of thiol groups is 1. The molecule has 3 saturated heterocycles. The Balaban J connectivity index is 1.17. The lowest BCUT2D eigenvalue weighted by Gasteiger charge is -2.27. The van der Waals surface area contributed by atoms with Gasteiger partial charge < -0.3 is 20.1 Å². The molecule has 0 bridgehead atoms. The minimum absolute atomic E-state index is 0.00745. The van der Waals surface area contributed by atoms with Gasteiger partial charge in [0, 0.05) is 0 Å². The number of nitrogen functional groups attached to an aromatic ring is 1. The second-order valence-corrected chi connectivity index (χ2v) is 14.2. The van der Waals surface area contributed by atoms with E-state index in [0.29, 0.717) is 0 Å². The number of phosphoric acid groups is 1. The minimum atomic E-state index is -5.09. The van der Waals surface area contributed by atoms with Gasteiger partial charge in [-0.25, -0.2) is 37.4 Å². The van der Waals surface area contributed by atoms with Crippen molar-refractivity contribution >= 4 is 55.0 Å². The fourth-order valence-corrected chi connectivity index (χ4v) is 7.66. The predicted octanol–water partition coefficient (Wildman–Crippen LogP) is 0.387. The van der Waals surface area contributed by atoms with Gasteiger partial charge in [0.05, 0.1) is 19.5 Å². The molecule has 10 atom stereocenters. The lowest BCUT2D eigenvalue weighted by molar-refractivity contribution is -0.743. The summed E-state index contributed by atoms with van der Waals surface area (Å²) in [6.45, 7) is -6.03. The van der Waals surface area contributed by atoms with Crippen LogP contribution in [0.1, 0.15) is 12.5 Å². The fourth-order valence-electron chi connectivity index (χ4n) is 5.22. The summed E-state index contributed by atoms with van der Waals surface area (Å²) in [5.74, 6) is 0.0174. The zero-order valence-corrected chi connectivity index (χ0v) is 24.5. The molecule has 44 heavy (non-hydrogen) atoms. The van der Waals surface area contributed by atoms with Gasteiger partial charge in [-0.3, -0.25) is 37.4 Å². The third kappa shape index (κ3) is 5.14. The van der Waals surface area contributed by atoms with E-state index in [1.54, 1.807) is 0 Å². The molecule has 24 heteroatoms. The number of nitrogens with zero attached hydrogens (tertiary/aromatic N) is 6. The summed E-state index contributed by atoms with van der Waals surface area (Å²) in [4.78, 5) is 43.6. The van der Waals surface area contributed by atoms with E-state index in [0.717, 1.165) is 17.2 Å². The first-order chi connectivity index (χ1) is 20.9. The van der Waals surface area contributed by atoms with Crippen molar-refractivity contribution in [1.82, 2.24) is 34.5 Å². The zero-order chi connectivity index (χ0) is 31.0. The second kappa shape index (κ2) is 10.9. The number of imidazole rings is 2. The quantitative estimate of drug-likeness (QED) is 0.109. The molecular formula is C20H22F2N9O10P2S+. The first-order valence-corrected chi connectivity index (χ1v) is 16.9. The molecule has 4 aromatic heterocycles. The molecule has 3 aliphatic rings. The van der Waals surface area contributed by atoms with Crippen molar-refractivity contribution in [2.24, 2.45) is 0 Å². The first-order valence-electron chi connectivity index (χ1n) is 12.7. The van der Waals surface area contributed by atoms with Gasteiger partial charge in [0.1, 0.15) is 36.3 Å². The first kappa shape index (κ1) is 29.8. The minimum Gasteiger partial charge on any atom is -0.382 e. The highest BCUT2D eigenvalue weighted by atomic mass is 32.7. The monoisotopic (exact) mass is 680 g/mol. The van der Waals surface area contributed by atoms with Crippen LogP contribution < -0.4 is 15.9 Å². The molecule has 0 aromatic carbocycles. The van der Waals surface area contributed by atoms with Crippen molar-refractivity contribution in [2.75, 3.05) is 18.9 Å². The van der Waals surface area contributed by atoms with Gasteiger partial charge in [-0.05, 0) is 0 Å². The highest BCUT2D eigenvalue weighted by Crippen LogP contribution is 2.58. The highest BCUT2D eigenvalue weighted by Gasteiger charge is 2.55. The van der Waals surface area contributed by atoms with Crippen LogP contribution in [-0.2, 0) is 36.7 Å². The molecule has 0 radical (unpaired) electrons. The van der Waals surface area contributed by atoms with Crippen molar-refractivity contribution in [2.45, 2.75) is 49.2 Å². The Hall–Kier alpha value is -2.91. The van der Waals surface area contributed by atoms with E-state index < -0.39 is 82.6 Å². The summed E-state index contributed by atoms with van der Waals surface area (Å²) in [7, 11) is -5.09. The summed E-state index contributed by atoms with van der Waals surface area (Å²) in [6.07, 6.45) is -9.21. The van der Waals surface area contributed by atoms with E-state index in [9.17, 15) is 18.8 Å². The van der Waals surface area contributed by atoms with Crippen molar-refractivity contribution < 1.29 is 54.9 Å². The number of hydrogen-bond acceptors (Lipinski definition) is 14. The molecule has 19 nitrogen and oxygen atoms in total. The average molecular weight is 680 g/mol. The number of nitrogens with two attached hydrogens (primary N) is 1. The predicted molar refractivity (Wildman–Crippen MR) is 142 cm³/mol. The summed E-state index contributed by atoms with van der Waals surface area (Å²) >= 11 is 3.94. The Morgan fingerprint density at radius 1 is 1.05 bits per heavy atom. The Morgan fingerprint density at radius 3 is 2.61 bits per heavy atom. The molecule has 3 aliphatic heterocycles. The summed E-state index contributed by atoms with van der Waals surface area (Å²) in [5, 5.41) is 0. The highest BCUT2D eigenvalue weighted by molar-refractivity contribution is 8.44. The molecule has 5 N–H and O–H groups in total. The van der Waals surface area contributed by atoms with Crippen molar-refractivity contribution in [3.63, 3.8) is 0 Å². The van der Waals surface area contributed by atoms with E-state index in [2.05, 4.69) is 42.2 Å². The molecule has 0 amide bonds. The fraction of sp³-hybridized carbons (Fsp3) is 0.500. The molecule has 236 valence electrons. The third-order valence-corrected chi connectivity index (χ3v) is 9.81. The largest absolute Gasteiger partial charge is 0.472 e. The Labute approximate surface area is 248 Å². The Morgan fingerprint density at radius 2 is 1.80 bits per heavy atom. The maximum absolute atomic E-state index is 15.9. The van der Waals surface area contributed by atoms with Crippen LogP contribution >= 0.6 is 26.9 Å². The van der Waals surface area contributed by atoms with Crippen molar-refractivity contribution in [3.05, 3.63) is 35.7 Å². The summed E-state index contributed by atoms with van der Waals surface area (Å²) < 4.78 is 92.8. The molecule has 0 saturated carbocycles. The number of H-pyrrole nitrogens is 2. The van der Waals surface area contributed by atoms with Crippen LogP contribution in [0.4, 0.5) is 14.6 Å². The Bertz CT molecular complexity index is 1900. The van der Waals surface area contributed by atoms with E-state index >= 15 is 8.78 Å². The normalized spacial score (nSPS) is 38.3. The second-order valence-electron chi connectivity index (χ2n) is 9.88. The number of fused-ring (bicyclic) bond motifs is 4. The number of anilines is 1. The van der Waals surface area contributed by atoms with Crippen LogP contribution in [0.2, 0.25) is 0 Å². The Kier molecular flexibility index (Phi) is 7.35. The number of nitrogens with one attached hydrogen (secondary N) is 2. The lowest BCUT2D eigenvalue weighted by atomic mass is 10.1. The van der Waals surface area contributed by atoms with E-state index in [4.69, 9.17) is 33.3 Å². The molecule has 0 aliphatic carbocycles. The van der Waals surface area contributed by atoms with E-state index in [1.807, 2.05) is 0 Å². The number of aromatic nitrogens is 8. The van der Waals surface area contributed by atoms with Crippen molar-refractivity contribution in [3.8, 4) is 0 Å². The number of aromatic amines is 2. The molecule has 7 rings (SSSR count). The standard InChI is InChI=1S/C20H21F2N9O10P2S/c21-9-13-8(39-19(9)30-5-28-11-15(23)24-3-25-16(11)30)2-37-43(35,44)41-14-7(1-36-42(33,34)40-13)38-20(10(14)22)31-6-29-12-17(31)26-4-27-18(12)32/h3-10,13-14,19-20H,1-2H2,(H5,23,24,25,26,27,32,33,34,35,44)/p+1/t7?,8?,9-,10-,13-,14-,19?,20?,43?/m1/s1. The topological polar surface area (TPSA) is 245 Å². The molecule has 4 aromatic rings. The van der Waals surface area contributed by atoms with Crippen LogP contribution in [-0.4, -0.2) is 89.3 Å². The van der Waals surface area contributed by atoms with Crippen molar-refractivity contribution in [1.29, 1.82) is 0 Å². The molecule has 6 unspecified atom stereocenters. The smallest absolute Gasteiger partial charge is 0.382 e. The average Bonchev–Trinajstić information content (AvgIpc) is 3.73. The molecular weight excluding hydrogens is 658 g/mol. The maximum Gasteiger partial charge on any atom is 0.472 e. The van der Waals surface area contributed by atoms with Crippen LogP contribution in [0, 0.1) is 0 Å². The van der Waals surface area contributed by atoms with Crippen LogP contribution in [0.15, 0.2) is 30.1 Å². The molecule has 0 spiro atoms. The summed E-state index contributed by atoms with van der Waals surface area (Å²) in [6, 6.07) is 0. The van der Waals surface area contributed by atoms with Gasteiger partial charge >= 0.3 is 20.3 Å². The maximum atomic E-state index is 15.9. The number of rotatable bonds is 2. The van der Waals surface area contributed by atoms with Gasteiger partial charge in [0.2, 0.25) is 11.7 Å². The van der Waals surface area contributed by atoms with Crippen LogP contribution in [0.5, 0.6) is 0 Å². The number of ether oxygens (including phenoxy) is 2. The third-order valence-electron chi connectivity index (χ3n) is 7.21. The number of phosphoric ester groups is 1. The zero-order valence-electron chi connectivity index (χ0n) is 21.8. The number of alkyl halides is 2. The molecule has 3 fully saturated rings. The van der Waals surface area contributed by atoms with Gasteiger partial charge in [-0.15, -0.1) is 0 Å². The SMILES string of the molecule is Nc1ncnc2c1ncn2C1OC2COP(=O)(S)O[C@@H]3C(COP(=O)(O)O[C@H]2[C@H]1F)OC([n+]1c[nH]c2c(=O)[nH]cnc21)[C@@H]3F. The molecule has 7 heterocycles. The van der Waals surface area contributed by atoms with Crippen LogP contribution in [0.3, 0.4) is 0 Å². The van der Waals surface area contributed by atoms with Gasteiger partial charge in [0.25, 0.3) is 5.56 Å². The van der Waals surface area contributed by atoms with Gasteiger partial charge in [-0.1, -0.05) is 17.2 Å². The number of halogens is 2. The number of hydrogen-bond donors (Lipinski definition) is 5. The lowest BCUT2D eigenvalue weighted by Crippen LogP contribution is -2.44. The van der Waals surface area contributed by atoms with E-state index in [1.165, 1.54) is 17.2 Å². The van der Waals surface area contributed by atoms with E-state index in [-0.39, 0.29) is 28.1 Å². The summed E-state index contributed by atoms with van der Waals surface area (Å²) in [5.41, 5.74) is 5.52. The van der Waals surface area contributed by atoms with Crippen LogP contribution in [0.25, 0.3) is 22.3 Å².